The SMILES string of the molecule is CC#C[C@]1(O)C=C[C@H]2[C@@H]3CCc4cc(OC)ccc4[C@H]3CC[C@@]21C. The van der Waals surface area contributed by atoms with Crippen LogP contribution in [0.5, 0.6) is 5.75 Å². The van der Waals surface area contributed by atoms with Crippen molar-refractivity contribution in [1.29, 1.82) is 0 Å². The van der Waals surface area contributed by atoms with Crippen LogP contribution < -0.4 is 4.74 Å². The molecule has 0 aliphatic heterocycles. The maximum absolute atomic E-state index is 11.1. The van der Waals surface area contributed by atoms with Gasteiger partial charge in [-0.1, -0.05) is 25.0 Å². The molecule has 1 aromatic carbocycles. The van der Waals surface area contributed by atoms with Gasteiger partial charge in [0.2, 0.25) is 0 Å². The van der Waals surface area contributed by atoms with Crippen molar-refractivity contribution in [3.8, 4) is 17.6 Å². The minimum absolute atomic E-state index is 0.152. The predicted octanol–water partition coefficient (Wildman–Crippen LogP) is 4.08. The van der Waals surface area contributed by atoms with Crippen molar-refractivity contribution in [3.05, 3.63) is 41.5 Å². The lowest BCUT2D eigenvalue weighted by molar-refractivity contribution is -0.0502. The van der Waals surface area contributed by atoms with Crippen LogP contribution in [0.4, 0.5) is 0 Å². The monoisotopic (exact) mass is 322 g/mol. The zero-order chi connectivity index (χ0) is 16.9. The third-order valence-corrected chi connectivity index (χ3v) is 6.92. The zero-order valence-electron chi connectivity index (χ0n) is 14.8. The van der Waals surface area contributed by atoms with Crippen LogP contribution in [0, 0.1) is 29.1 Å². The summed E-state index contributed by atoms with van der Waals surface area (Å²) in [5.41, 5.74) is 1.84. The first-order chi connectivity index (χ1) is 11.5. The van der Waals surface area contributed by atoms with Gasteiger partial charge in [-0.2, -0.15) is 0 Å². The summed E-state index contributed by atoms with van der Waals surface area (Å²) in [7, 11) is 1.73. The smallest absolute Gasteiger partial charge is 0.149 e. The molecule has 0 amide bonds. The number of aryl methyl sites for hydroxylation is 1. The number of aliphatic hydroxyl groups is 1. The number of fused-ring (bicyclic) bond motifs is 5. The Balaban J connectivity index is 1.70. The number of rotatable bonds is 1. The molecule has 0 spiro atoms. The molecule has 1 saturated carbocycles. The van der Waals surface area contributed by atoms with Crippen molar-refractivity contribution in [2.24, 2.45) is 17.3 Å². The Hall–Kier alpha value is -1.72. The predicted molar refractivity (Wildman–Crippen MR) is 95.9 cm³/mol. The summed E-state index contributed by atoms with van der Waals surface area (Å²) in [5, 5.41) is 11.1. The van der Waals surface area contributed by atoms with Crippen LogP contribution in [0.2, 0.25) is 0 Å². The molecule has 3 aliphatic carbocycles. The lowest BCUT2D eigenvalue weighted by Gasteiger charge is -2.52. The summed E-state index contributed by atoms with van der Waals surface area (Å²) in [6.45, 7) is 4.06. The third kappa shape index (κ3) is 2.01. The van der Waals surface area contributed by atoms with Gasteiger partial charge in [0.1, 0.15) is 11.4 Å². The Labute approximate surface area is 144 Å². The van der Waals surface area contributed by atoms with Gasteiger partial charge in [-0.05, 0) is 79.7 Å². The number of hydrogen-bond acceptors (Lipinski definition) is 2. The van der Waals surface area contributed by atoms with Gasteiger partial charge in [0.05, 0.1) is 7.11 Å². The largest absolute Gasteiger partial charge is 0.497 e. The van der Waals surface area contributed by atoms with Crippen LogP contribution in [0.25, 0.3) is 0 Å². The van der Waals surface area contributed by atoms with Crippen LogP contribution in [0.3, 0.4) is 0 Å². The normalized spacial score (nSPS) is 39.2. The number of hydrogen-bond donors (Lipinski definition) is 1. The van der Waals surface area contributed by atoms with Gasteiger partial charge < -0.3 is 9.84 Å². The van der Waals surface area contributed by atoms with Crippen LogP contribution in [-0.4, -0.2) is 17.8 Å². The summed E-state index contributed by atoms with van der Waals surface area (Å²) in [6, 6.07) is 6.57. The van der Waals surface area contributed by atoms with Gasteiger partial charge in [-0.15, -0.1) is 5.92 Å². The van der Waals surface area contributed by atoms with E-state index < -0.39 is 5.60 Å². The summed E-state index contributed by atoms with van der Waals surface area (Å²) in [6.07, 6.45) is 8.67. The molecular weight excluding hydrogens is 296 g/mol. The second-order valence-electron chi connectivity index (χ2n) is 7.86. The Morgan fingerprint density at radius 1 is 1.29 bits per heavy atom. The van der Waals surface area contributed by atoms with Gasteiger partial charge in [0, 0.05) is 5.41 Å². The first-order valence-electron chi connectivity index (χ1n) is 9.05. The lowest BCUT2D eigenvalue weighted by Crippen LogP contribution is -2.50. The maximum atomic E-state index is 11.1. The molecule has 1 N–H and O–H groups in total. The molecule has 1 fully saturated rings. The first kappa shape index (κ1) is 15.8. The quantitative estimate of drug-likeness (QED) is 0.623. The minimum atomic E-state index is -0.961. The van der Waals surface area contributed by atoms with E-state index in [4.69, 9.17) is 4.74 Å². The van der Waals surface area contributed by atoms with E-state index in [-0.39, 0.29) is 5.41 Å². The molecule has 0 radical (unpaired) electrons. The molecule has 126 valence electrons. The number of benzene rings is 1. The summed E-state index contributed by atoms with van der Waals surface area (Å²) in [4.78, 5) is 0. The van der Waals surface area contributed by atoms with E-state index in [9.17, 15) is 5.11 Å². The standard InChI is InChI=1S/C22H26O2/c1-4-11-22(23)13-10-20-19-7-5-15-14-16(24-3)6-8-17(15)18(19)9-12-21(20,22)2/h6,8,10,13-14,18-20,23H,5,7,9,12H2,1-3H3/t18-,19-,20+,21+,22+/m1/s1. The van der Waals surface area contributed by atoms with Gasteiger partial charge >= 0.3 is 0 Å². The van der Waals surface area contributed by atoms with E-state index in [0.29, 0.717) is 17.8 Å². The molecule has 5 atom stereocenters. The Morgan fingerprint density at radius 3 is 2.88 bits per heavy atom. The Kier molecular flexibility index (Phi) is 3.55. The fourth-order valence-corrected chi connectivity index (χ4v) is 5.54. The van der Waals surface area contributed by atoms with Crippen LogP contribution in [-0.2, 0) is 6.42 Å². The molecule has 24 heavy (non-hydrogen) atoms. The molecular formula is C22H26O2. The molecule has 3 aliphatic rings. The van der Waals surface area contributed by atoms with Crippen LogP contribution >= 0.6 is 0 Å². The highest BCUT2D eigenvalue weighted by Crippen LogP contribution is 2.61. The number of methoxy groups -OCH3 is 1. The van der Waals surface area contributed by atoms with E-state index in [1.165, 1.54) is 17.5 Å². The highest BCUT2D eigenvalue weighted by Gasteiger charge is 2.58. The molecule has 0 saturated heterocycles. The van der Waals surface area contributed by atoms with Crippen molar-refractivity contribution in [1.82, 2.24) is 0 Å². The molecule has 0 unspecified atom stereocenters. The van der Waals surface area contributed by atoms with Crippen molar-refractivity contribution >= 4 is 0 Å². The molecule has 0 aromatic heterocycles. The third-order valence-electron chi connectivity index (χ3n) is 6.92. The topological polar surface area (TPSA) is 29.5 Å². The highest BCUT2D eigenvalue weighted by atomic mass is 16.5. The minimum Gasteiger partial charge on any atom is -0.497 e. The first-order valence-corrected chi connectivity index (χ1v) is 9.05. The summed E-state index contributed by atoms with van der Waals surface area (Å²) < 4.78 is 5.40. The van der Waals surface area contributed by atoms with Gasteiger partial charge in [0.15, 0.2) is 0 Å². The fraction of sp³-hybridized carbons (Fsp3) is 0.545. The van der Waals surface area contributed by atoms with Crippen molar-refractivity contribution in [3.63, 3.8) is 0 Å². The zero-order valence-corrected chi connectivity index (χ0v) is 14.8. The molecule has 2 heteroatoms. The van der Waals surface area contributed by atoms with Crippen molar-refractivity contribution in [2.45, 2.75) is 51.0 Å². The Morgan fingerprint density at radius 2 is 2.12 bits per heavy atom. The average Bonchev–Trinajstić information content (AvgIpc) is 2.86. The molecule has 2 nitrogen and oxygen atoms in total. The second kappa shape index (κ2) is 5.39. The summed E-state index contributed by atoms with van der Waals surface area (Å²) >= 11 is 0. The second-order valence-corrected chi connectivity index (χ2v) is 7.86. The van der Waals surface area contributed by atoms with E-state index in [1.54, 1.807) is 7.11 Å². The fourth-order valence-electron chi connectivity index (χ4n) is 5.54. The number of allylic oxidation sites excluding steroid dienone is 1. The van der Waals surface area contributed by atoms with E-state index in [2.05, 4.69) is 43.0 Å². The molecule has 0 bridgehead atoms. The molecule has 1 aromatic rings. The van der Waals surface area contributed by atoms with Crippen LogP contribution in [0.1, 0.15) is 50.2 Å². The molecule has 4 rings (SSSR count). The van der Waals surface area contributed by atoms with Gasteiger partial charge in [0.25, 0.3) is 0 Å². The summed E-state index contributed by atoms with van der Waals surface area (Å²) in [5.74, 6) is 8.61. The number of ether oxygens (including phenoxy) is 1. The van der Waals surface area contributed by atoms with E-state index in [0.717, 1.165) is 25.0 Å². The van der Waals surface area contributed by atoms with Gasteiger partial charge in [-0.25, -0.2) is 0 Å². The van der Waals surface area contributed by atoms with Crippen LogP contribution in [0.15, 0.2) is 30.4 Å². The van der Waals surface area contributed by atoms with Crippen molar-refractivity contribution < 1.29 is 9.84 Å². The molecule has 0 heterocycles. The average molecular weight is 322 g/mol. The lowest BCUT2D eigenvalue weighted by atomic mass is 9.53. The van der Waals surface area contributed by atoms with Gasteiger partial charge in [-0.3, -0.25) is 0 Å². The van der Waals surface area contributed by atoms with E-state index >= 15 is 0 Å². The maximum Gasteiger partial charge on any atom is 0.149 e. The Bertz CT molecular complexity index is 753. The van der Waals surface area contributed by atoms with Crippen molar-refractivity contribution in [2.75, 3.05) is 7.11 Å². The highest BCUT2D eigenvalue weighted by molar-refractivity contribution is 5.43. The van der Waals surface area contributed by atoms with E-state index in [1.807, 2.05) is 13.0 Å².